The van der Waals surface area contributed by atoms with Gasteiger partial charge in [0.2, 0.25) is 5.91 Å². The average molecular weight is 370 g/mol. The monoisotopic (exact) mass is 369 g/mol. The Morgan fingerprint density at radius 3 is 2.69 bits per heavy atom. The van der Waals surface area contributed by atoms with Crippen molar-refractivity contribution in [1.29, 1.82) is 0 Å². The van der Waals surface area contributed by atoms with Gasteiger partial charge >= 0.3 is 0 Å². The molecule has 4 rings (SSSR count). The number of benzene rings is 1. The molecule has 0 radical (unpaired) electrons. The highest BCUT2D eigenvalue weighted by atomic mass is 32.1. The van der Waals surface area contributed by atoms with Crippen LogP contribution in [0, 0.1) is 5.41 Å². The van der Waals surface area contributed by atoms with Crippen molar-refractivity contribution < 1.29 is 4.79 Å². The number of piperidine rings is 1. The lowest BCUT2D eigenvalue weighted by atomic mass is 9.78. The van der Waals surface area contributed by atoms with E-state index in [1.54, 1.807) is 11.3 Å². The Labute approximate surface area is 159 Å². The number of anilines is 1. The van der Waals surface area contributed by atoms with Crippen LogP contribution in [0.4, 0.5) is 5.13 Å². The number of amides is 1. The van der Waals surface area contributed by atoms with Crippen LogP contribution in [0.5, 0.6) is 0 Å². The maximum absolute atomic E-state index is 13.3. The van der Waals surface area contributed by atoms with E-state index in [0.717, 1.165) is 50.6 Å². The third-order valence-corrected chi connectivity index (χ3v) is 6.72. The molecule has 2 aliphatic rings. The van der Waals surface area contributed by atoms with Gasteiger partial charge in [-0.25, -0.2) is 4.98 Å². The zero-order valence-electron chi connectivity index (χ0n) is 15.6. The maximum Gasteiger partial charge on any atom is 0.230 e. The highest BCUT2D eigenvalue weighted by molar-refractivity contribution is 7.13. The van der Waals surface area contributed by atoms with E-state index >= 15 is 0 Å². The molecule has 1 aromatic carbocycles. The summed E-state index contributed by atoms with van der Waals surface area (Å²) >= 11 is 1.67. The van der Waals surface area contributed by atoms with Gasteiger partial charge in [0, 0.05) is 37.8 Å². The highest BCUT2D eigenvalue weighted by Crippen LogP contribution is 2.42. The smallest absolute Gasteiger partial charge is 0.230 e. The van der Waals surface area contributed by atoms with Crippen molar-refractivity contribution in [2.75, 3.05) is 24.5 Å². The second kappa shape index (κ2) is 7.03. The molecule has 26 heavy (non-hydrogen) atoms. The number of carbonyl (C=O) groups excluding carboxylic acids is 1. The van der Waals surface area contributed by atoms with Gasteiger partial charge in [0.05, 0.1) is 5.41 Å². The number of hydrogen-bond acceptors (Lipinski definition) is 4. The zero-order valence-corrected chi connectivity index (χ0v) is 16.5. The number of nitrogens with zero attached hydrogens (tertiary/aromatic N) is 3. The summed E-state index contributed by atoms with van der Waals surface area (Å²) in [5.74, 6) is 0.884. The molecule has 138 valence electrons. The van der Waals surface area contributed by atoms with Crippen LogP contribution < -0.4 is 4.90 Å². The molecule has 1 aromatic heterocycles. The van der Waals surface area contributed by atoms with Crippen molar-refractivity contribution in [3.8, 4) is 0 Å². The third kappa shape index (κ3) is 3.25. The van der Waals surface area contributed by atoms with E-state index in [0.29, 0.717) is 11.8 Å². The predicted molar refractivity (Wildman–Crippen MR) is 107 cm³/mol. The van der Waals surface area contributed by atoms with Crippen LogP contribution in [0.25, 0.3) is 0 Å². The van der Waals surface area contributed by atoms with Crippen LogP contribution >= 0.6 is 11.3 Å². The quantitative estimate of drug-likeness (QED) is 0.807. The highest BCUT2D eigenvalue weighted by Gasteiger charge is 2.48. The lowest BCUT2D eigenvalue weighted by Crippen LogP contribution is -2.49. The molecule has 2 saturated heterocycles. The van der Waals surface area contributed by atoms with Gasteiger partial charge in [0.15, 0.2) is 5.13 Å². The Balaban J connectivity index is 1.46. The van der Waals surface area contributed by atoms with E-state index in [2.05, 4.69) is 52.9 Å². The molecule has 0 saturated carbocycles. The van der Waals surface area contributed by atoms with E-state index in [1.807, 2.05) is 11.6 Å². The molecule has 0 aliphatic carbocycles. The Bertz CT molecular complexity index is 756. The summed E-state index contributed by atoms with van der Waals surface area (Å²) in [6.07, 6.45) is 4.91. The molecule has 4 nitrogen and oxygen atoms in total. The fourth-order valence-electron chi connectivity index (χ4n) is 4.32. The molecular weight excluding hydrogens is 342 g/mol. The molecule has 5 heteroatoms. The normalized spacial score (nSPS) is 23.4. The Kier molecular flexibility index (Phi) is 4.74. The Morgan fingerprint density at radius 2 is 2.00 bits per heavy atom. The van der Waals surface area contributed by atoms with Gasteiger partial charge in [-0.1, -0.05) is 38.1 Å². The van der Waals surface area contributed by atoms with Gasteiger partial charge in [-0.05, 0) is 36.3 Å². The fourth-order valence-corrected chi connectivity index (χ4v) is 4.99. The van der Waals surface area contributed by atoms with Gasteiger partial charge in [-0.2, -0.15) is 0 Å². The first-order chi connectivity index (χ1) is 12.6. The van der Waals surface area contributed by atoms with Crippen molar-refractivity contribution in [2.24, 2.45) is 5.41 Å². The lowest BCUT2D eigenvalue weighted by molar-refractivity contribution is -0.145. The summed E-state index contributed by atoms with van der Waals surface area (Å²) in [6, 6.07) is 8.76. The molecule has 0 bridgehead atoms. The molecule has 2 aliphatic heterocycles. The minimum atomic E-state index is -0.207. The van der Waals surface area contributed by atoms with Crippen molar-refractivity contribution in [3.63, 3.8) is 0 Å². The van der Waals surface area contributed by atoms with Crippen LogP contribution in [0.1, 0.15) is 50.2 Å². The maximum atomic E-state index is 13.3. The number of rotatable bonds is 4. The van der Waals surface area contributed by atoms with Gasteiger partial charge < -0.3 is 9.80 Å². The SMILES string of the molecule is CC(C)c1ccc(CN2CCCC3(CCN(c4nccs4)C3)C2=O)cc1. The summed E-state index contributed by atoms with van der Waals surface area (Å²) in [5.41, 5.74) is 2.38. The fraction of sp³-hybridized carbons (Fsp3) is 0.524. The topological polar surface area (TPSA) is 36.4 Å². The summed E-state index contributed by atoms with van der Waals surface area (Å²) in [7, 11) is 0. The van der Waals surface area contributed by atoms with Gasteiger partial charge in [0.25, 0.3) is 0 Å². The van der Waals surface area contributed by atoms with E-state index < -0.39 is 0 Å². The molecule has 2 fully saturated rings. The Hall–Kier alpha value is -1.88. The number of likely N-dealkylation sites (tertiary alicyclic amines) is 1. The van der Waals surface area contributed by atoms with Crippen LogP contribution in [-0.2, 0) is 11.3 Å². The first kappa shape index (κ1) is 17.5. The summed E-state index contributed by atoms with van der Waals surface area (Å²) < 4.78 is 0. The summed E-state index contributed by atoms with van der Waals surface area (Å²) in [5, 5.41) is 3.06. The number of aromatic nitrogens is 1. The minimum Gasteiger partial charge on any atom is -0.347 e. The third-order valence-electron chi connectivity index (χ3n) is 5.89. The molecule has 1 spiro atoms. The van der Waals surface area contributed by atoms with Crippen molar-refractivity contribution >= 4 is 22.4 Å². The largest absolute Gasteiger partial charge is 0.347 e. The molecule has 3 heterocycles. The van der Waals surface area contributed by atoms with Crippen LogP contribution in [0.2, 0.25) is 0 Å². The predicted octanol–water partition coefficient (Wildman–Crippen LogP) is 4.29. The van der Waals surface area contributed by atoms with E-state index in [1.165, 1.54) is 11.1 Å². The standard InChI is InChI=1S/C21H27N3OS/c1-16(2)18-6-4-17(5-7-18)14-23-11-3-8-21(19(23)25)9-12-24(15-21)20-22-10-13-26-20/h4-7,10,13,16H,3,8-9,11-12,14-15H2,1-2H3. The zero-order chi connectivity index (χ0) is 18.1. The molecule has 1 unspecified atom stereocenters. The van der Waals surface area contributed by atoms with Crippen molar-refractivity contribution in [3.05, 3.63) is 47.0 Å². The van der Waals surface area contributed by atoms with E-state index in [9.17, 15) is 4.79 Å². The first-order valence-corrected chi connectivity index (χ1v) is 10.5. The second-order valence-electron chi connectivity index (χ2n) is 7.99. The summed E-state index contributed by atoms with van der Waals surface area (Å²) in [4.78, 5) is 22.1. The summed E-state index contributed by atoms with van der Waals surface area (Å²) in [6.45, 7) is 7.79. The average Bonchev–Trinajstić information content (AvgIpc) is 3.30. The van der Waals surface area contributed by atoms with E-state index in [-0.39, 0.29) is 5.41 Å². The molecule has 1 atom stereocenters. The lowest BCUT2D eigenvalue weighted by Gasteiger charge is -2.39. The first-order valence-electron chi connectivity index (χ1n) is 9.60. The minimum absolute atomic E-state index is 0.207. The molecule has 0 N–H and O–H groups in total. The molecule has 2 aromatic rings. The van der Waals surface area contributed by atoms with Gasteiger partial charge in [-0.3, -0.25) is 4.79 Å². The second-order valence-corrected chi connectivity index (χ2v) is 8.87. The van der Waals surface area contributed by atoms with E-state index in [4.69, 9.17) is 0 Å². The Morgan fingerprint density at radius 1 is 1.19 bits per heavy atom. The van der Waals surface area contributed by atoms with Gasteiger partial charge in [0.1, 0.15) is 0 Å². The van der Waals surface area contributed by atoms with Crippen LogP contribution in [0.15, 0.2) is 35.8 Å². The van der Waals surface area contributed by atoms with Crippen molar-refractivity contribution in [2.45, 2.75) is 45.6 Å². The molecule has 1 amide bonds. The van der Waals surface area contributed by atoms with Crippen molar-refractivity contribution in [1.82, 2.24) is 9.88 Å². The van der Waals surface area contributed by atoms with Gasteiger partial charge in [-0.15, -0.1) is 11.3 Å². The number of carbonyl (C=O) groups is 1. The van der Waals surface area contributed by atoms with Crippen LogP contribution in [-0.4, -0.2) is 35.4 Å². The number of hydrogen-bond donors (Lipinski definition) is 0. The molecular formula is C21H27N3OS. The number of thiazole rings is 1. The van der Waals surface area contributed by atoms with Crippen LogP contribution in [0.3, 0.4) is 0 Å².